The Morgan fingerprint density at radius 2 is 1.81 bits per heavy atom. The van der Waals surface area contributed by atoms with E-state index in [4.69, 9.17) is 0 Å². The van der Waals surface area contributed by atoms with Gasteiger partial charge in [0.05, 0.1) is 0 Å². The second-order valence-electron chi connectivity index (χ2n) is 4.51. The Kier molecular flexibility index (Phi) is 3.18. The molecule has 0 unspecified atom stereocenters. The van der Waals surface area contributed by atoms with Gasteiger partial charge in [0.1, 0.15) is 11.5 Å². The van der Waals surface area contributed by atoms with Crippen molar-refractivity contribution in [2.75, 3.05) is 0 Å². The maximum absolute atomic E-state index is 10.1. The number of hydrogen-bond donors (Lipinski definition) is 2. The molecule has 0 aliphatic heterocycles. The van der Waals surface area contributed by atoms with E-state index in [1.54, 1.807) is 18.2 Å². The summed E-state index contributed by atoms with van der Waals surface area (Å²) in [6.45, 7) is 3.65. The summed E-state index contributed by atoms with van der Waals surface area (Å²) in [6.07, 6.45) is 7.50. The summed E-state index contributed by atoms with van der Waals surface area (Å²) in [7, 11) is 0. The largest absolute Gasteiger partial charge is 0.508 e. The third kappa shape index (κ3) is 2.06. The highest BCUT2D eigenvalue weighted by Crippen LogP contribution is 2.40. The van der Waals surface area contributed by atoms with Crippen LogP contribution in [0.3, 0.4) is 0 Å². The third-order valence-electron chi connectivity index (χ3n) is 3.42. The van der Waals surface area contributed by atoms with Crippen molar-refractivity contribution in [2.45, 2.75) is 38.0 Å². The molecule has 1 aliphatic carbocycles. The van der Waals surface area contributed by atoms with E-state index in [0.29, 0.717) is 17.2 Å². The van der Waals surface area contributed by atoms with Gasteiger partial charge in [-0.25, -0.2) is 0 Å². The summed E-state index contributed by atoms with van der Waals surface area (Å²) in [6, 6.07) is 3.24. The molecule has 1 aliphatic rings. The Morgan fingerprint density at radius 3 is 2.44 bits per heavy atom. The molecule has 1 aromatic carbocycles. The average Bonchev–Trinajstić information content (AvgIpc) is 2.33. The summed E-state index contributed by atoms with van der Waals surface area (Å²) < 4.78 is 0. The molecule has 86 valence electrons. The number of benzene rings is 1. The predicted molar refractivity (Wildman–Crippen MR) is 65.7 cm³/mol. The lowest BCUT2D eigenvalue weighted by Gasteiger charge is -2.23. The van der Waals surface area contributed by atoms with E-state index in [2.05, 4.69) is 6.58 Å². The smallest absolute Gasteiger partial charge is 0.126 e. The molecule has 0 bridgehead atoms. The van der Waals surface area contributed by atoms with Gasteiger partial charge < -0.3 is 10.2 Å². The monoisotopic (exact) mass is 218 g/mol. The molecule has 1 aromatic rings. The molecular formula is C14H18O2. The summed E-state index contributed by atoms with van der Waals surface area (Å²) >= 11 is 0. The van der Waals surface area contributed by atoms with Crippen LogP contribution in [-0.2, 0) is 0 Å². The van der Waals surface area contributed by atoms with E-state index in [1.807, 2.05) is 0 Å². The van der Waals surface area contributed by atoms with E-state index in [0.717, 1.165) is 18.4 Å². The average molecular weight is 218 g/mol. The molecule has 0 amide bonds. The molecule has 0 heterocycles. The Balaban J connectivity index is 2.38. The van der Waals surface area contributed by atoms with Crippen LogP contribution in [0.25, 0.3) is 6.08 Å². The van der Waals surface area contributed by atoms with Crippen molar-refractivity contribution in [2.24, 2.45) is 0 Å². The van der Waals surface area contributed by atoms with Crippen LogP contribution >= 0.6 is 0 Å². The van der Waals surface area contributed by atoms with Crippen LogP contribution in [0.4, 0.5) is 0 Å². The lowest BCUT2D eigenvalue weighted by molar-refractivity contribution is 0.408. The van der Waals surface area contributed by atoms with Crippen molar-refractivity contribution >= 4 is 6.08 Å². The van der Waals surface area contributed by atoms with Gasteiger partial charge in [-0.1, -0.05) is 31.9 Å². The van der Waals surface area contributed by atoms with E-state index in [-0.39, 0.29) is 5.75 Å². The number of hydrogen-bond acceptors (Lipinski definition) is 2. The zero-order chi connectivity index (χ0) is 11.5. The Labute approximate surface area is 96.2 Å². The highest BCUT2D eigenvalue weighted by atomic mass is 16.3. The quantitative estimate of drug-likeness (QED) is 0.741. The van der Waals surface area contributed by atoms with E-state index >= 15 is 0 Å². The van der Waals surface area contributed by atoms with Crippen LogP contribution in [0.5, 0.6) is 11.5 Å². The first-order valence-corrected chi connectivity index (χ1v) is 5.90. The van der Waals surface area contributed by atoms with Crippen LogP contribution in [0.1, 0.15) is 49.1 Å². The zero-order valence-electron chi connectivity index (χ0n) is 9.45. The summed E-state index contributed by atoms with van der Waals surface area (Å²) in [5.41, 5.74) is 1.51. The minimum absolute atomic E-state index is 0.216. The SMILES string of the molecule is C=Cc1cc(O)cc(C2CCCCC2)c1O. The molecule has 1 saturated carbocycles. The lowest BCUT2D eigenvalue weighted by Crippen LogP contribution is -2.05. The first-order valence-electron chi connectivity index (χ1n) is 5.90. The van der Waals surface area contributed by atoms with Gasteiger partial charge in [0, 0.05) is 11.1 Å². The van der Waals surface area contributed by atoms with Crippen LogP contribution in [0.15, 0.2) is 18.7 Å². The molecule has 2 nitrogen and oxygen atoms in total. The molecule has 2 rings (SSSR count). The van der Waals surface area contributed by atoms with Crippen molar-refractivity contribution in [1.82, 2.24) is 0 Å². The zero-order valence-corrected chi connectivity index (χ0v) is 9.45. The summed E-state index contributed by atoms with van der Waals surface area (Å²) in [5, 5.41) is 19.7. The van der Waals surface area contributed by atoms with Crippen molar-refractivity contribution < 1.29 is 10.2 Å². The first kappa shape index (κ1) is 11.1. The molecule has 16 heavy (non-hydrogen) atoms. The highest BCUT2D eigenvalue weighted by molar-refractivity contribution is 5.61. The fourth-order valence-corrected chi connectivity index (χ4v) is 2.54. The maximum atomic E-state index is 10.1. The summed E-state index contributed by atoms with van der Waals surface area (Å²) in [4.78, 5) is 0. The highest BCUT2D eigenvalue weighted by Gasteiger charge is 2.20. The molecular weight excluding hydrogens is 200 g/mol. The van der Waals surface area contributed by atoms with Crippen LogP contribution in [0, 0.1) is 0 Å². The molecule has 2 N–H and O–H groups in total. The van der Waals surface area contributed by atoms with Gasteiger partial charge in [0.2, 0.25) is 0 Å². The second-order valence-corrected chi connectivity index (χ2v) is 4.51. The van der Waals surface area contributed by atoms with Gasteiger partial charge in [-0.05, 0) is 30.9 Å². The van der Waals surface area contributed by atoms with Gasteiger partial charge in [-0.3, -0.25) is 0 Å². The molecule has 1 fully saturated rings. The molecule has 0 radical (unpaired) electrons. The maximum Gasteiger partial charge on any atom is 0.126 e. The number of rotatable bonds is 2. The topological polar surface area (TPSA) is 40.5 Å². The molecule has 0 atom stereocenters. The van der Waals surface area contributed by atoms with E-state index in [1.165, 1.54) is 19.3 Å². The lowest BCUT2D eigenvalue weighted by atomic mass is 9.83. The minimum Gasteiger partial charge on any atom is -0.508 e. The van der Waals surface area contributed by atoms with Gasteiger partial charge >= 0.3 is 0 Å². The third-order valence-corrected chi connectivity index (χ3v) is 3.42. The number of phenols is 2. The van der Waals surface area contributed by atoms with Crippen LogP contribution < -0.4 is 0 Å². The van der Waals surface area contributed by atoms with Crippen LogP contribution in [-0.4, -0.2) is 10.2 Å². The Hall–Kier alpha value is -1.44. The summed E-state index contributed by atoms with van der Waals surface area (Å²) in [5.74, 6) is 0.896. The van der Waals surface area contributed by atoms with Crippen molar-refractivity contribution in [3.05, 3.63) is 29.8 Å². The van der Waals surface area contributed by atoms with E-state index in [9.17, 15) is 10.2 Å². The van der Waals surface area contributed by atoms with Crippen molar-refractivity contribution in [3.8, 4) is 11.5 Å². The fraction of sp³-hybridized carbons (Fsp3) is 0.429. The molecule has 2 heteroatoms. The fourth-order valence-electron chi connectivity index (χ4n) is 2.54. The van der Waals surface area contributed by atoms with E-state index < -0.39 is 0 Å². The van der Waals surface area contributed by atoms with Gasteiger partial charge in [0.15, 0.2) is 0 Å². The van der Waals surface area contributed by atoms with Gasteiger partial charge in [0.25, 0.3) is 0 Å². The molecule has 0 saturated heterocycles. The second kappa shape index (κ2) is 4.60. The molecule has 0 spiro atoms. The number of aromatic hydroxyl groups is 2. The number of phenolic OH excluding ortho intramolecular Hbond substituents is 2. The Morgan fingerprint density at radius 1 is 1.12 bits per heavy atom. The first-order chi connectivity index (χ1) is 7.72. The minimum atomic E-state index is 0.216. The van der Waals surface area contributed by atoms with Gasteiger partial charge in [-0.2, -0.15) is 0 Å². The van der Waals surface area contributed by atoms with Crippen LogP contribution in [0.2, 0.25) is 0 Å². The Bertz CT molecular complexity index is 390. The van der Waals surface area contributed by atoms with Crippen molar-refractivity contribution in [3.63, 3.8) is 0 Å². The standard InChI is InChI=1S/C14H18O2/c1-2-10-8-12(15)9-13(14(10)16)11-6-4-3-5-7-11/h2,8-9,11,15-16H,1,3-7H2. The normalized spacial score (nSPS) is 17.2. The predicted octanol–water partition coefficient (Wildman–Crippen LogP) is 3.79. The molecule has 0 aromatic heterocycles. The van der Waals surface area contributed by atoms with Gasteiger partial charge in [-0.15, -0.1) is 0 Å². The van der Waals surface area contributed by atoms with Crippen molar-refractivity contribution in [1.29, 1.82) is 0 Å².